The van der Waals surface area contributed by atoms with Crippen molar-refractivity contribution >= 4 is 5.91 Å². The van der Waals surface area contributed by atoms with E-state index in [-0.39, 0.29) is 12.1 Å². The molecule has 2 aromatic rings. The fourth-order valence-corrected chi connectivity index (χ4v) is 2.74. The summed E-state index contributed by atoms with van der Waals surface area (Å²) in [5, 5.41) is 8.32. The van der Waals surface area contributed by atoms with Gasteiger partial charge in [-0.3, -0.25) is 4.79 Å². The molecule has 1 aromatic carbocycles. The summed E-state index contributed by atoms with van der Waals surface area (Å²) in [5.41, 5.74) is -0.123. The molecule has 0 radical (unpaired) electrons. The smallest absolute Gasteiger partial charge is 0.257 e. The highest BCUT2D eigenvalue weighted by molar-refractivity contribution is 5.94. The van der Waals surface area contributed by atoms with Crippen molar-refractivity contribution in [2.75, 3.05) is 6.54 Å². The molecular weight excluding hydrogens is 302 g/mol. The number of aromatic nitrogens is 3. The molecule has 7 heteroatoms. The van der Waals surface area contributed by atoms with Gasteiger partial charge >= 0.3 is 0 Å². The van der Waals surface area contributed by atoms with Crippen molar-refractivity contribution in [1.82, 2.24) is 19.7 Å². The lowest BCUT2D eigenvalue weighted by Crippen LogP contribution is -2.39. The Morgan fingerprint density at radius 3 is 2.74 bits per heavy atom. The maximum atomic E-state index is 13.8. The summed E-state index contributed by atoms with van der Waals surface area (Å²) < 4.78 is 28.8. The number of halogens is 2. The largest absolute Gasteiger partial charge is 0.329 e. The van der Waals surface area contributed by atoms with E-state index in [1.165, 1.54) is 11.0 Å². The molecule has 0 spiro atoms. The zero-order valence-corrected chi connectivity index (χ0v) is 13.1. The quantitative estimate of drug-likeness (QED) is 0.873. The number of fused-ring (bicyclic) bond motifs is 1. The lowest BCUT2D eigenvalue weighted by atomic mass is 10.1. The molecule has 3 rings (SSSR count). The topological polar surface area (TPSA) is 51.0 Å². The Hall–Kier alpha value is -2.31. The molecule has 2 heterocycles. The van der Waals surface area contributed by atoms with Crippen LogP contribution in [-0.4, -0.2) is 32.1 Å². The Bertz CT molecular complexity index is 742. The first-order valence-corrected chi connectivity index (χ1v) is 7.61. The summed E-state index contributed by atoms with van der Waals surface area (Å²) in [6, 6.07) is 2.99. The molecule has 5 nitrogen and oxygen atoms in total. The van der Waals surface area contributed by atoms with E-state index in [0.717, 1.165) is 24.4 Å². The van der Waals surface area contributed by atoms with Crippen LogP contribution in [-0.2, 0) is 19.5 Å². The van der Waals surface area contributed by atoms with Crippen molar-refractivity contribution in [3.8, 4) is 0 Å². The minimum Gasteiger partial charge on any atom is -0.329 e. The van der Waals surface area contributed by atoms with Gasteiger partial charge in [0.1, 0.15) is 17.5 Å². The minimum absolute atomic E-state index is 0.123. The van der Waals surface area contributed by atoms with Gasteiger partial charge in [-0.25, -0.2) is 8.78 Å². The highest BCUT2D eigenvalue weighted by atomic mass is 19.1. The lowest BCUT2D eigenvalue weighted by molar-refractivity contribution is 0.0701. The Morgan fingerprint density at radius 2 is 2.04 bits per heavy atom. The first kappa shape index (κ1) is 15.6. The molecule has 23 heavy (non-hydrogen) atoms. The SMILES string of the molecule is CC(C)Cc1nnc2n1CCN(C(=O)c1ccc(F)cc1F)C2. The first-order chi connectivity index (χ1) is 11.0. The number of hydrogen-bond donors (Lipinski definition) is 0. The lowest BCUT2D eigenvalue weighted by Gasteiger charge is -2.28. The van der Waals surface area contributed by atoms with Gasteiger partial charge < -0.3 is 9.47 Å². The normalized spacial score (nSPS) is 14.2. The standard InChI is InChI=1S/C16H18F2N4O/c1-10(2)7-14-19-20-15-9-21(5-6-22(14)15)16(23)12-4-3-11(17)8-13(12)18/h3-4,8,10H,5-7,9H2,1-2H3. The van der Waals surface area contributed by atoms with Crippen LogP contribution in [0.1, 0.15) is 35.9 Å². The second-order valence-electron chi connectivity index (χ2n) is 6.13. The zero-order chi connectivity index (χ0) is 16.6. The summed E-state index contributed by atoms with van der Waals surface area (Å²) in [6.45, 7) is 5.53. The van der Waals surface area contributed by atoms with Gasteiger partial charge in [-0.2, -0.15) is 0 Å². The van der Waals surface area contributed by atoms with E-state index in [4.69, 9.17) is 0 Å². The summed E-state index contributed by atoms with van der Waals surface area (Å²) in [6.07, 6.45) is 0.827. The summed E-state index contributed by atoms with van der Waals surface area (Å²) in [4.78, 5) is 13.9. The Labute approximate surface area is 132 Å². The maximum Gasteiger partial charge on any atom is 0.257 e. The fourth-order valence-electron chi connectivity index (χ4n) is 2.74. The van der Waals surface area contributed by atoms with Crippen molar-refractivity contribution in [2.24, 2.45) is 5.92 Å². The number of carbonyl (C=O) groups excluding carboxylic acids is 1. The molecule has 0 bridgehead atoms. The highest BCUT2D eigenvalue weighted by Gasteiger charge is 2.26. The van der Waals surface area contributed by atoms with Crippen LogP contribution in [0, 0.1) is 17.6 Å². The zero-order valence-electron chi connectivity index (χ0n) is 13.1. The molecule has 1 aliphatic heterocycles. The second kappa shape index (κ2) is 6.06. The average Bonchev–Trinajstić information content (AvgIpc) is 2.88. The van der Waals surface area contributed by atoms with Crippen LogP contribution < -0.4 is 0 Å². The summed E-state index contributed by atoms with van der Waals surface area (Å²) in [7, 11) is 0. The number of nitrogens with zero attached hydrogens (tertiary/aromatic N) is 4. The van der Waals surface area contributed by atoms with Gasteiger partial charge in [0.2, 0.25) is 0 Å². The van der Waals surface area contributed by atoms with Gasteiger partial charge in [0.25, 0.3) is 5.91 Å². The number of amides is 1. The predicted molar refractivity (Wildman–Crippen MR) is 79.7 cm³/mol. The second-order valence-corrected chi connectivity index (χ2v) is 6.13. The number of hydrogen-bond acceptors (Lipinski definition) is 3. The van der Waals surface area contributed by atoms with Gasteiger partial charge in [-0.15, -0.1) is 10.2 Å². The number of rotatable bonds is 3. The van der Waals surface area contributed by atoms with Crippen molar-refractivity contribution in [2.45, 2.75) is 33.4 Å². The van der Waals surface area contributed by atoms with Crippen molar-refractivity contribution < 1.29 is 13.6 Å². The third kappa shape index (κ3) is 3.09. The average molecular weight is 320 g/mol. The number of benzene rings is 1. The Morgan fingerprint density at radius 1 is 1.26 bits per heavy atom. The van der Waals surface area contributed by atoms with Crippen LogP contribution in [0.3, 0.4) is 0 Å². The molecule has 0 saturated carbocycles. The van der Waals surface area contributed by atoms with E-state index in [1.807, 2.05) is 4.57 Å². The van der Waals surface area contributed by atoms with Gasteiger partial charge in [0, 0.05) is 25.6 Å². The molecule has 0 saturated heterocycles. The van der Waals surface area contributed by atoms with E-state index in [0.29, 0.717) is 24.8 Å². The molecule has 0 N–H and O–H groups in total. The molecule has 1 aromatic heterocycles. The minimum atomic E-state index is -0.845. The monoisotopic (exact) mass is 320 g/mol. The van der Waals surface area contributed by atoms with E-state index in [9.17, 15) is 13.6 Å². The highest BCUT2D eigenvalue weighted by Crippen LogP contribution is 2.19. The van der Waals surface area contributed by atoms with Gasteiger partial charge in [0.15, 0.2) is 5.82 Å². The van der Waals surface area contributed by atoms with Gasteiger partial charge in [-0.05, 0) is 18.1 Å². The van der Waals surface area contributed by atoms with E-state index in [2.05, 4.69) is 24.0 Å². The van der Waals surface area contributed by atoms with E-state index >= 15 is 0 Å². The molecule has 122 valence electrons. The third-order valence-corrected chi connectivity index (χ3v) is 3.87. The predicted octanol–water partition coefficient (Wildman–Crippen LogP) is 2.41. The van der Waals surface area contributed by atoms with Crippen molar-refractivity contribution in [3.63, 3.8) is 0 Å². The van der Waals surface area contributed by atoms with Crippen molar-refractivity contribution in [3.05, 3.63) is 47.0 Å². The first-order valence-electron chi connectivity index (χ1n) is 7.61. The van der Waals surface area contributed by atoms with Crippen LogP contribution in [0.15, 0.2) is 18.2 Å². The fraction of sp³-hybridized carbons (Fsp3) is 0.438. The molecular formula is C16H18F2N4O. The third-order valence-electron chi connectivity index (χ3n) is 3.87. The molecule has 0 unspecified atom stereocenters. The summed E-state index contributed by atoms with van der Waals surface area (Å²) in [5.74, 6) is 0.0783. The van der Waals surface area contributed by atoms with Gasteiger partial charge in [0.05, 0.1) is 12.1 Å². The molecule has 0 fully saturated rings. The van der Waals surface area contributed by atoms with Crippen LogP contribution >= 0.6 is 0 Å². The van der Waals surface area contributed by atoms with E-state index in [1.54, 1.807) is 0 Å². The molecule has 0 atom stereocenters. The van der Waals surface area contributed by atoms with Crippen LogP contribution in [0.25, 0.3) is 0 Å². The number of carbonyl (C=O) groups is 1. The maximum absolute atomic E-state index is 13.8. The van der Waals surface area contributed by atoms with Crippen LogP contribution in [0.5, 0.6) is 0 Å². The Balaban J connectivity index is 1.79. The molecule has 1 amide bonds. The Kier molecular flexibility index (Phi) is 4.11. The van der Waals surface area contributed by atoms with Crippen molar-refractivity contribution in [1.29, 1.82) is 0 Å². The van der Waals surface area contributed by atoms with Crippen LogP contribution in [0.2, 0.25) is 0 Å². The van der Waals surface area contributed by atoms with Gasteiger partial charge in [-0.1, -0.05) is 13.8 Å². The van der Waals surface area contributed by atoms with E-state index < -0.39 is 17.5 Å². The van der Waals surface area contributed by atoms with Crippen LogP contribution in [0.4, 0.5) is 8.78 Å². The molecule has 0 aliphatic carbocycles. The summed E-state index contributed by atoms with van der Waals surface area (Å²) >= 11 is 0. The molecule has 1 aliphatic rings.